The van der Waals surface area contributed by atoms with Crippen LogP contribution in [0.1, 0.15) is 11.1 Å². The summed E-state index contributed by atoms with van der Waals surface area (Å²) < 4.78 is 5.68. The number of pyridine rings is 2. The number of H-pyrrole nitrogens is 1. The fraction of sp³-hybridized carbons (Fsp3) is 0.320. The van der Waals surface area contributed by atoms with Crippen molar-refractivity contribution in [2.45, 2.75) is 13.8 Å². The van der Waals surface area contributed by atoms with Gasteiger partial charge in [-0.2, -0.15) is 5.10 Å². The van der Waals surface area contributed by atoms with Gasteiger partial charge in [0, 0.05) is 49.6 Å². The van der Waals surface area contributed by atoms with Crippen molar-refractivity contribution in [3.63, 3.8) is 0 Å². The van der Waals surface area contributed by atoms with Gasteiger partial charge in [-0.1, -0.05) is 18.2 Å². The van der Waals surface area contributed by atoms with E-state index in [0.717, 1.165) is 71.3 Å². The first kappa shape index (κ1) is 20.5. The molecule has 0 spiro atoms. The minimum absolute atomic E-state index is 0.727. The molecule has 1 aliphatic heterocycles. The Hall–Kier alpha value is -3.45. The molecule has 1 aliphatic rings. The number of nitrogens with zero attached hydrogens (tertiary/aromatic N) is 5. The van der Waals surface area contributed by atoms with Crippen LogP contribution in [0.25, 0.3) is 33.5 Å². The van der Waals surface area contributed by atoms with Crippen molar-refractivity contribution in [1.29, 1.82) is 0 Å². The average Bonchev–Trinajstić information content (AvgIpc) is 3.23. The van der Waals surface area contributed by atoms with E-state index in [1.165, 1.54) is 11.1 Å². The molecule has 0 atom stereocenters. The number of likely N-dealkylation sites (N-methyl/N-ethyl adjacent to an activating group) is 1. The second-order valence-electron chi connectivity index (χ2n) is 8.45. The van der Waals surface area contributed by atoms with Crippen molar-refractivity contribution in [3.8, 4) is 28.3 Å². The molecule has 4 aromatic rings. The van der Waals surface area contributed by atoms with E-state index in [9.17, 15) is 0 Å². The monoisotopic (exact) mass is 428 g/mol. The van der Waals surface area contributed by atoms with Crippen LogP contribution in [-0.2, 0) is 0 Å². The summed E-state index contributed by atoms with van der Waals surface area (Å²) in [5.41, 5.74) is 7.71. The summed E-state index contributed by atoms with van der Waals surface area (Å²) in [5, 5.41) is 7.68. The number of aryl methyl sites for hydroxylation is 1. The zero-order chi connectivity index (χ0) is 22.2. The summed E-state index contributed by atoms with van der Waals surface area (Å²) in [6.45, 7) is 8.33. The molecular weight excluding hydrogens is 400 g/mol. The van der Waals surface area contributed by atoms with Gasteiger partial charge in [-0.05, 0) is 44.2 Å². The van der Waals surface area contributed by atoms with Gasteiger partial charge in [-0.15, -0.1) is 0 Å². The van der Waals surface area contributed by atoms with Crippen LogP contribution in [-0.4, -0.2) is 65.4 Å². The molecule has 3 aromatic heterocycles. The van der Waals surface area contributed by atoms with E-state index in [2.05, 4.69) is 71.2 Å². The highest BCUT2D eigenvalue weighted by Gasteiger charge is 2.19. The Balaban J connectivity index is 1.55. The smallest absolute Gasteiger partial charge is 0.147 e. The van der Waals surface area contributed by atoms with Gasteiger partial charge in [0.05, 0.1) is 12.6 Å². The number of benzene rings is 1. The topological polar surface area (TPSA) is 70.2 Å². The standard InChI is InChI=1S/C25H28N6O/c1-16-6-5-7-19(17(16)2)24-21(32-4)14-20-25(27-24)23(29-28-20)18-8-9-22(26-15-18)31-12-10-30(3)11-13-31/h5-9,14-15H,10-13H2,1-4H3,(H,28,29). The lowest BCUT2D eigenvalue weighted by atomic mass is 9.99. The fourth-order valence-corrected chi connectivity index (χ4v) is 4.24. The Morgan fingerprint density at radius 1 is 1.00 bits per heavy atom. The van der Waals surface area contributed by atoms with Gasteiger partial charge in [0.15, 0.2) is 0 Å². The van der Waals surface area contributed by atoms with Gasteiger partial charge in [0.1, 0.15) is 28.5 Å². The third-order valence-electron chi connectivity index (χ3n) is 6.43. The van der Waals surface area contributed by atoms with Gasteiger partial charge >= 0.3 is 0 Å². The lowest BCUT2D eigenvalue weighted by molar-refractivity contribution is 0.312. The molecule has 1 fully saturated rings. The minimum atomic E-state index is 0.727. The van der Waals surface area contributed by atoms with Crippen LogP contribution in [0.15, 0.2) is 42.6 Å². The van der Waals surface area contributed by atoms with Crippen molar-refractivity contribution < 1.29 is 4.74 Å². The van der Waals surface area contributed by atoms with Crippen molar-refractivity contribution in [2.75, 3.05) is 45.2 Å². The summed E-state index contributed by atoms with van der Waals surface area (Å²) in [4.78, 5) is 14.4. The van der Waals surface area contributed by atoms with Crippen molar-refractivity contribution in [2.24, 2.45) is 0 Å². The van der Waals surface area contributed by atoms with E-state index >= 15 is 0 Å². The van der Waals surface area contributed by atoms with E-state index in [-0.39, 0.29) is 0 Å². The van der Waals surface area contributed by atoms with E-state index < -0.39 is 0 Å². The zero-order valence-electron chi connectivity index (χ0n) is 19.0. The number of methoxy groups -OCH3 is 1. The molecule has 0 amide bonds. The van der Waals surface area contributed by atoms with E-state index in [0.29, 0.717) is 0 Å². The van der Waals surface area contributed by atoms with E-state index in [1.54, 1.807) is 7.11 Å². The number of rotatable bonds is 4. The van der Waals surface area contributed by atoms with Gasteiger partial charge in [-0.25, -0.2) is 9.97 Å². The molecule has 1 aromatic carbocycles. The number of aromatic nitrogens is 4. The molecular formula is C25H28N6O. The first-order valence-electron chi connectivity index (χ1n) is 10.9. The molecule has 1 saturated heterocycles. The number of aromatic amines is 1. The summed E-state index contributed by atoms with van der Waals surface area (Å²) >= 11 is 0. The Kier molecular flexibility index (Phi) is 5.27. The highest BCUT2D eigenvalue weighted by molar-refractivity contribution is 5.93. The first-order chi connectivity index (χ1) is 15.5. The second kappa shape index (κ2) is 8.24. The second-order valence-corrected chi connectivity index (χ2v) is 8.45. The number of fused-ring (bicyclic) bond motifs is 1. The van der Waals surface area contributed by atoms with Crippen molar-refractivity contribution >= 4 is 16.9 Å². The summed E-state index contributed by atoms with van der Waals surface area (Å²) in [7, 11) is 3.83. The molecule has 0 aliphatic carbocycles. The predicted octanol–water partition coefficient (Wildman–Crippen LogP) is 4.06. The Morgan fingerprint density at radius 2 is 1.81 bits per heavy atom. The molecule has 0 unspecified atom stereocenters. The quantitative estimate of drug-likeness (QED) is 0.529. The van der Waals surface area contributed by atoms with Gasteiger partial charge in [-0.3, -0.25) is 5.10 Å². The molecule has 7 nitrogen and oxygen atoms in total. The third kappa shape index (κ3) is 3.58. The van der Waals surface area contributed by atoms with Crippen LogP contribution in [0.3, 0.4) is 0 Å². The number of ether oxygens (including phenoxy) is 1. The van der Waals surface area contributed by atoms with Crippen LogP contribution in [0.2, 0.25) is 0 Å². The number of piperazine rings is 1. The largest absolute Gasteiger partial charge is 0.494 e. The molecule has 5 rings (SSSR count). The van der Waals surface area contributed by atoms with E-state index in [1.807, 2.05) is 12.3 Å². The predicted molar refractivity (Wildman–Crippen MR) is 128 cm³/mol. The molecule has 0 bridgehead atoms. The number of nitrogens with one attached hydrogen (secondary N) is 1. The highest BCUT2D eigenvalue weighted by atomic mass is 16.5. The molecule has 7 heteroatoms. The molecule has 0 saturated carbocycles. The molecule has 1 N–H and O–H groups in total. The van der Waals surface area contributed by atoms with Gasteiger partial charge in [0.25, 0.3) is 0 Å². The minimum Gasteiger partial charge on any atom is -0.494 e. The molecule has 32 heavy (non-hydrogen) atoms. The maximum atomic E-state index is 5.68. The molecule has 0 radical (unpaired) electrons. The lowest BCUT2D eigenvalue weighted by Gasteiger charge is -2.33. The third-order valence-corrected chi connectivity index (χ3v) is 6.43. The van der Waals surface area contributed by atoms with Gasteiger partial charge < -0.3 is 14.5 Å². The fourth-order valence-electron chi connectivity index (χ4n) is 4.24. The van der Waals surface area contributed by atoms with Crippen LogP contribution < -0.4 is 9.64 Å². The SMILES string of the molecule is COc1cc2[nH]nc(-c3ccc(N4CCN(C)CC4)nc3)c2nc1-c1cccc(C)c1C. The Labute approximate surface area is 188 Å². The highest BCUT2D eigenvalue weighted by Crippen LogP contribution is 2.36. The summed E-state index contributed by atoms with van der Waals surface area (Å²) in [5.74, 6) is 1.73. The average molecular weight is 429 g/mol. The Morgan fingerprint density at radius 3 is 2.53 bits per heavy atom. The lowest BCUT2D eigenvalue weighted by Crippen LogP contribution is -2.44. The number of anilines is 1. The van der Waals surface area contributed by atoms with Crippen LogP contribution in [0.5, 0.6) is 5.75 Å². The normalized spacial score (nSPS) is 14.8. The van der Waals surface area contributed by atoms with Crippen LogP contribution in [0, 0.1) is 13.8 Å². The summed E-state index contributed by atoms with van der Waals surface area (Å²) in [6.07, 6.45) is 1.90. The first-order valence-corrected chi connectivity index (χ1v) is 10.9. The van der Waals surface area contributed by atoms with E-state index in [4.69, 9.17) is 14.7 Å². The van der Waals surface area contributed by atoms with Gasteiger partial charge in [0.2, 0.25) is 0 Å². The van der Waals surface area contributed by atoms with Crippen molar-refractivity contribution in [3.05, 3.63) is 53.7 Å². The number of hydrogen-bond donors (Lipinski definition) is 1. The Bertz CT molecular complexity index is 1260. The maximum absolute atomic E-state index is 5.68. The van der Waals surface area contributed by atoms with Crippen LogP contribution >= 0.6 is 0 Å². The molecule has 4 heterocycles. The van der Waals surface area contributed by atoms with Crippen molar-refractivity contribution in [1.82, 2.24) is 25.1 Å². The van der Waals surface area contributed by atoms with Crippen LogP contribution in [0.4, 0.5) is 5.82 Å². The molecule has 164 valence electrons. The number of hydrogen-bond acceptors (Lipinski definition) is 6. The maximum Gasteiger partial charge on any atom is 0.147 e. The zero-order valence-corrected chi connectivity index (χ0v) is 19.0. The summed E-state index contributed by atoms with van der Waals surface area (Å²) in [6, 6.07) is 12.4.